The smallest absolute Gasteiger partial charge is 0.200 e. The summed E-state index contributed by atoms with van der Waals surface area (Å²) in [7, 11) is 2.50. The number of ether oxygens (including phenoxy) is 2. The van der Waals surface area contributed by atoms with Gasteiger partial charge in [-0.25, -0.2) is 22.0 Å². The highest BCUT2D eigenvalue weighted by Gasteiger charge is 2.28. The first-order valence-electron chi connectivity index (χ1n) is 5.66. The first-order chi connectivity index (χ1) is 9.92. The lowest BCUT2D eigenvalue weighted by atomic mass is 10.0. The number of hydrogen-bond donors (Lipinski definition) is 0. The minimum absolute atomic E-state index is 0.0565. The predicted molar refractivity (Wildman–Crippen MR) is 64.8 cm³/mol. The molecular weight excluding hydrogens is 295 g/mol. The Morgan fingerprint density at radius 2 is 1.24 bits per heavy atom. The van der Waals surface area contributed by atoms with Gasteiger partial charge in [-0.1, -0.05) is 0 Å². The van der Waals surface area contributed by atoms with Crippen molar-refractivity contribution in [1.29, 1.82) is 0 Å². The van der Waals surface area contributed by atoms with E-state index in [-0.39, 0.29) is 17.1 Å². The molecule has 0 aliphatic heterocycles. The molecule has 21 heavy (non-hydrogen) atoms. The van der Waals surface area contributed by atoms with Gasteiger partial charge in [0.05, 0.1) is 19.8 Å². The highest BCUT2D eigenvalue weighted by Crippen LogP contribution is 2.38. The van der Waals surface area contributed by atoms with Gasteiger partial charge in [0.1, 0.15) is 11.5 Å². The van der Waals surface area contributed by atoms with Crippen LogP contribution in [0.3, 0.4) is 0 Å². The lowest BCUT2D eigenvalue weighted by molar-refractivity contribution is 0.379. The number of rotatable bonds is 3. The molecule has 0 unspecified atom stereocenters. The summed E-state index contributed by atoms with van der Waals surface area (Å²) in [6.07, 6.45) is 0. The molecule has 112 valence electrons. The van der Waals surface area contributed by atoms with E-state index in [2.05, 4.69) is 0 Å². The molecule has 2 rings (SSSR count). The van der Waals surface area contributed by atoms with Gasteiger partial charge in [0.15, 0.2) is 23.3 Å². The summed E-state index contributed by atoms with van der Waals surface area (Å²) < 4.78 is 77.0. The maximum atomic E-state index is 13.8. The fourth-order valence-electron chi connectivity index (χ4n) is 1.85. The lowest BCUT2D eigenvalue weighted by Crippen LogP contribution is -2.05. The molecule has 2 aromatic rings. The van der Waals surface area contributed by atoms with E-state index in [9.17, 15) is 22.0 Å². The molecule has 0 atom stereocenters. The van der Waals surface area contributed by atoms with Crippen LogP contribution < -0.4 is 9.47 Å². The van der Waals surface area contributed by atoms with E-state index in [1.54, 1.807) is 0 Å². The Morgan fingerprint density at radius 1 is 0.714 bits per heavy atom. The molecule has 0 bridgehead atoms. The molecule has 7 heteroatoms. The summed E-state index contributed by atoms with van der Waals surface area (Å²) >= 11 is 0. The van der Waals surface area contributed by atoms with Gasteiger partial charge in [0.25, 0.3) is 0 Å². The maximum absolute atomic E-state index is 13.8. The SMILES string of the molecule is COc1ccc(OC)c(-c2c(F)c(F)c(F)c(F)c2F)c1. The standard InChI is InChI=1S/C14H9F5O2/c1-20-6-3-4-8(21-2)7(5-6)9-10(15)12(17)14(19)13(18)11(9)16/h3-5H,1-2H3. The summed E-state index contributed by atoms with van der Waals surface area (Å²) in [6.45, 7) is 0. The van der Waals surface area contributed by atoms with Crippen molar-refractivity contribution in [3.05, 3.63) is 47.3 Å². The van der Waals surface area contributed by atoms with Crippen molar-refractivity contribution in [1.82, 2.24) is 0 Å². The zero-order valence-electron chi connectivity index (χ0n) is 10.9. The Kier molecular flexibility index (Phi) is 4.02. The number of halogens is 5. The highest BCUT2D eigenvalue weighted by atomic mass is 19.2. The molecule has 2 nitrogen and oxygen atoms in total. The third-order valence-electron chi connectivity index (χ3n) is 2.89. The van der Waals surface area contributed by atoms with E-state index in [1.807, 2.05) is 0 Å². The van der Waals surface area contributed by atoms with Crippen molar-refractivity contribution in [3.63, 3.8) is 0 Å². The summed E-state index contributed by atoms with van der Waals surface area (Å²) in [5, 5.41) is 0. The Hall–Kier alpha value is -2.31. The van der Waals surface area contributed by atoms with Gasteiger partial charge in [-0.05, 0) is 18.2 Å². The van der Waals surface area contributed by atoms with Crippen LogP contribution in [0.5, 0.6) is 11.5 Å². The molecule has 0 fully saturated rings. The lowest BCUT2D eigenvalue weighted by Gasteiger charge is -2.13. The van der Waals surface area contributed by atoms with E-state index in [1.165, 1.54) is 26.4 Å². The molecule has 0 amide bonds. The highest BCUT2D eigenvalue weighted by molar-refractivity contribution is 5.73. The van der Waals surface area contributed by atoms with Crippen LogP contribution in [0.25, 0.3) is 11.1 Å². The van der Waals surface area contributed by atoms with E-state index >= 15 is 0 Å². The fraction of sp³-hybridized carbons (Fsp3) is 0.143. The average Bonchev–Trinajstić information content (AvgIpc) is 2.51. The second kappa shape index (κ2) is 5.59. The molecule has 0 saturated carbocycles. The minimum Gasteiger partial charge on any atom is -0.497 e. The third kappa shape index (κ3) is 2.39. The molecular formula is C14H9F5O2. The van der Waals surface area contributed by atoms with Crippen molar-refractivity contribution in [3.8, 4) is 22.6 Å². The zero-order valence-corrected chi connectivity index (χ0v) is 10.9. The first-order valence-corrected chi connectivity index (χ1v) is 5.66. The van der Waals surface area contributed by atoms with Gasteiger partial charge >= 0.3 is 0 Å². The van der Waals surface area contributed by atoms with E-state index in [0.717, 1.165) is 6.07 Å². The third-order valence-corrected chi connectivity index (χ3v) is 2.89. The first kappa shape index (κ1) is 15.1. The molecule has 0 spiro atoms. The molecule has 0 heterocycles. The fourth-order valence-corrected chi connectivity index (χ4v) is 1.85. The summed E-state index contributed by atoms with van der Waals surface area (Å²) in [5.74, 6) is -10.00. The van der Waals surface area contributed by atoms with Crippen LogP contribution in [-0.4, -0.2) is 14.2 Å². The molecule has 2 aromatic carbocycles. The average molecular weight is 304 g/mol. The Bertz CT molecular complexity index is 671. The van der Waals surface area contributed by atoms with Gasteiger partial charge in [0, 0.05) is 5.56 Å². The van der Waals surface area contributed by atoms with Gasteiger partial charge in [-0.15, -0.1) is 0 Å². The molecule has 0 aromatic heterocycles. The quantitative estimate of drug-likeness (QED) is 0.483. The largest absolute Gasteiger partial charge is 0.497 e. The molecule has 0 radical (unpaired) electrons. The van der Waals surface area contributed by atoms with Crippen molar-refractivity contribution in [2.75, 3.05) is 14.2 Å². The molecule has 0 aliphatic rings. The Morgan fingerprint density at radius 3 is 1.71 bits per heavy atom. The number of benzene rings is 2. The van der Waals surface area contributed by atoms with Crippen molar-refractivity contribution in [2.24, 2.45) is 0 Å². The molecule has 0 saturated heterocycles. The monoisotopic (exact) mass is 304 g/mol. The summed E-state index contributed by atoms with van der Waals surface area (Å²) in [5.41, 5.74) is -1.37. The van der Waals surface area contributed by atoms with Crippen molar-refractivity contribution in [2.45, 2.75) is 0 Å². The van der Waals surface area contributed by atoms with E-state index < -0.39 is 34.6 Å². The van der Waals surface area contributed by atoms with E-state index in [0.29, 0.717) is 0 Å². The molecule has 0 N–H and O–H groups in total. The van der Waals surface area contributed by atoms with Crippen LogP contribution in [0.2, 0.25) is 0 Å². The van der Waals surface area contributed by atoms with Gasteiger partial charge in [0.2, 0.25) is 5.82 Å². The van der Waals surface area contributed by atoms with Crippen molar-refractivity contribution < 1.29 is 31.4 Å². The minimum atomic E-state index is -2.21. The van der Waals surface area contributed by atoms with E-state index in [4.69, 9.17) is 9.47 Å². The van der Waals surface area contributed by atoms with Crippen LogP contribution in [0.15, 0.2) is 18.2 Å². The summed E-state index contributed by atoms with van der Waals surface area (Å²) in [4.78, 5) is 0. The normalized spacial score (nSPS) is 10.6. The van der Waals surface area contributed by atoms with Crippen LogP contribution in [0.4, 0.5) is 22.0 Å². The topological polar surface area (TPSA) is 18.5 Å². The summed E-state index contributed by atoms with van der Waals surface area (Å²) in [6, 6.07) is 3.84. The molecule has 0 aliphatic carbocycles. The van der Waals surface area contributed by atoms with Gasteiger partial charge < -0.3 is 9.47 Å². The van der Waals surface area contributed by atoms with Crippen LogP contribution >= 0.6 is 0 Å². The predicted octanol–water partition coefficient (Wildman–Crippen LogP) is 4.07. The zero-order chi connectivity index (χ0) is 15.7. The number of methoxy groups -OCH3 is 2. The Labute approximate surface area is 116 Å². The maximum Gasteiger partial charge on any atom is 0.200 e. The van der Waals surface area contributed by atoms with Crippen molar-refractivity contribution >= 4 is 0 Å². The Balaban J connectivity index is 2.84. The second-order valence-corrected chi connectivity index (χ2v) is 4.01. The van der Waals surface area contributed by atoms with Crippen LogP contribution in [-0.2, 0) is 0 Å². The van der Waals surface area contributed by atoms with Crippen LogP contribution in [0, 0.1) is 29.1 Å². The van der Waals surface area contributed by atoms with Crippen LogP contribution in [0.1, 0.15) is 0 Å². The second-order valence-electron chi connectivity index (χ2n) is 4.01. The van der Waals surface area contributed by atoms with Gasteiger partial charge in [-0.3, -0.25) is 0 Å². The number of hydrogen-bond acceptors (Lipinski definition) is 2. The van der Waals surface area contributed by atoms with Gasteiger partial charge in [-0.2, -0.15) is 0 Å².